The number of hydrogen-bond acceptors (Lipinski definition) is 5. The molecule has 1 fully saturated rings. The maximum absolute atomic E-state index is 13.1. The van der Waals surface area contributed by atoms with Crippen molar-refractivity contribution in [2.24, 2.45) is 11.1 Å². The van der Waals surface area contributed by atoms with Crippen molar-refractivity contribution in [2.75, 3.05) is 25.1 Å². The Morgan fingerprint density at radius 3 is 2.67 bits per heavy atom. The fraction of sp³-hybridized carbons (Fsp3) is 0.412. The van der Waals surface area contributed by atoms with Crippen LogP contribution in [-0.4, -0.2) is 30.6 Å². The van der Waals surface area contributed by atoms with Crippen molar-refractivity contribution in [1.29, 1.82) is 0 Å². The van der Waals surface area contributed by atoms with Crippen molar-refractivity contribution in [2.45, 2.75) is 19.8 Å². The monoisotopic (exact) mass is 349 g/mol. The molecule has 2 heterocycles. The van der Waals surface area contributed by atoms with Crippen molar-refractivity contribution in [3.05, 3.63) is 35.0 Å². The van der Waals surface area contributed by atoms with Crippen molar-refractivity contribution in [3.8, 4) is 11.3 Å². The van der Waals surface area contributed by atoms with Crippen LogP contribution in [0.25, 0.3) is 11.3 Å². The van der Waals surface area contributed by atoms with E-state index in [1.54, 1.807) is 12.1 Å². The summed E-state index contributed by atoms with van der Waals surface area (Å²) < 4.78 is 18.4. The van der Waals surface area contributed by atoms with Crippen molar-refractivity contribution >= 4 is 22.4 Å². The summed E-state index contributed by atoms with van der Waals surface area (Å²) in [6, 6.07) is 6.17. The fourth-order valence-corrected chi connectivity index (χ4v) is 3.67. The Labute approximate surface area is 144 Å². The quantitative estimate of drug-likeness (QED) is 0.890. The highest BCUT2D eigenvalue weighted by Crippen LogP contribution is 2.34. The number of nitrogens with zero attached hydrogens (tertiary/aromatic N) is 1. The van der Waals surface area contributed by atoms with Crippen LogP contribution in [0.15, 0.2) is 24.3 Å². The number of hydrogen-bond donors (Lipinski definition) is 2. The van der Waals surface area contributed by atoms with E-state index in [-0.39, 0.29) is 18.3 Å². The molecular weight excluding hydrogens is 329 g/mol. The fourth-order valence-electron chi connectivity index (χ4n) is 2.84. The van der Waals surface area contributed by atoms with Crippen LogP contribution in [0.1, 0.15) is 17.7 Å². The Morgan fingerprint density at radius 1 is 1.38 bits per heavy atom. The molecule has 0 saturated carbocycles. The lowest BCUT2D eigenvalue weighted by atomic mass is 9.79. The number of nitrogens with two attached hydrogens (primary N) is 1. The Bertz CT molecular complexity index is 724. The van der Waals surface area contributed by atoms with E-state index < -0.39 is 5.41 Å². The largest absolute Gasteiger partial charge is 0.381 e. The van der Waals surface area contributed by atoms with Gasteiger partial charge < -0.3 is 15.8 Å². The molecule has 3 N–H and O–H groups in total. The zero-order valence-corrected chi connectivity index (χ0v) is 14.3. The van der Waals surface area contributed by atoms with Gasteiger partial charge >= 0.3 is 0 Å². The highest BCUT2D eigenvalue weighted by molar-refractivity contribution is 7.16. The van der Waals surface area contributed by atoms with Gasteiger partial charge in [-0.3, -0.25) is 4.79 Å². The van der Waals surface area contributed by atoms with Gasteiger partial charge in [-0.05, 0) is 44.0 Å². The summed E-state index contributed by atoms with van der Waals surface area (Å²) in [6.07, 6.45) is 1.23. The second-order valence-corrected chi connectivity index (χ2v) is 7.18. The van der Waals surface area contributed by atoms with Gasteiger partial charge in [-0.25, -0.2) is 9.37 Å². The normalized spacial score (nSPS) is 16.8. The van der Waals surface area contributed by atoms with E-state index in [1.807, 2.05) is 6.92 Å². The minimum Gasteiger partial charge on any atom is -0.381 e. The van der Waals surface area contributed by atoms with E-state index in [0.29, 0.717) is 31.2 Å². The number of amides is 1. The smallest absolute Gasteiger partial charge is 0.233 e. The lowest BCUT2D eigenvalue weighted by Gasteiger charge is -2.34. The third kappa shape index (κ3) is 3.33. The maximum atomic E-state index is 13.1. The number of ether oxygens (including phenoxy) is 1. The maximum Gasteiger partial charge on any atom is 0.233 e. The predicted octanol–water partition coefficient (Wildman–Crippen LogP) is 2.95. The molecular formula is C17H20FN3O2S. The molecule has 0 atom stereocenters. The van der Waals surface area contributed by atoms with Gasteiger partial charge in [-0.1, -0.05) is 0 Å². The number of benzene rings is 1. The van der Waals surface area contributed by atoms with Gasteiger partial charge in [0.15, 0.2) is 5.13 Å². The number of carbonyl (C=O) groups is 1. The summed E-state index contributed by atoms with van der Waals surface area (Å²) in [5, 5.41) is 3.44. The van der Waals surface area contributed by atoms with E-state index >= 15 is 0 Å². The van der Waals surface area contributed by atoms with Gasteiger partial charge in [0, 0.05) is 30.2 Å². The zero-order chi connectivity index (χ0) is 17.2. The SMILES string of the molecule is Cc1sc(NC(=O)C2(CN)CCOCC2)nc1-c1ccc(F)cc1. The van der Waals surface area contributed by atoms with Crippen LogP contribution in [0.4, 0.5) is 9.52 Å². The minimum atomic E-state index is -0.589. The van der Waals surface area contributed by atoms with Crippen LogP contribution in [-0.2, 0) is 9.53 Å². The standard InChI is InChI=1S/C17H20FN3O2S/c1-11-14(12-2-4-13(18)5-3-12)20-16(24-11)21-15(22)17(10-19)6-8-23-9-7-17/h2-5H,6-10,19H2,1H3,(H,20,21,22). The molecule has 0 spiro atoms. The van der Waals surface area contributed by atoms with Crippen LogP contribution in [0, 0.1) is 18.2 Å². The summed E-state index contributed by atoms with van der Waals surface area (Å²) >= 11 is 1.41. The molecule has 1 aromatic heterocycles. The molecule has 3 rings (SSSR count). The van der Waals surface area contributed by atoms with Crippen LogP contribution in [0.5, 0.6) is 0 Å². The highest BCUT2D eigenvalue weighted by atomic mass is 32.1. The van der Waals surface area contributed by atoms with Gasteiger partial charge in [-0.2, -0.15) is 0 Å². The molecule has 0 bridgehead atoms. The Hall–Kier alpha value is -1.83. The molecule has 128 valence electrons. The number of aryl methyl sites for hydroxylation is 1. The number of halogens is 1. The number of thiazole rings is 1. The first-order chi connectivity index (χ1) is 11.5. The first kappa shape index (κ1) is 17.0. The Kier molecular flexibility index (Phi) is 4.93. The molecule has 1 aliphatic rings. The number of nitrogens with one attached hydrogen (secondary N) is 1. The lowest BCUT2D eigenvalue weighted by molar-refractivity contribution is -0.130. The summed E-state index contributed by atoms with van der Waals surface area (Å²) in [6.45, 7) is 3.31. The molecule has 24 heavy (non-hydrogen) atoms. The molecule has 1 amide bonds. The Balaban J connectivity index is 1.79. The van der Waals surface area contributed by atoms with Gasteiger partial charge in [-0.15, -0.1) is 11.3 Å². The average molecular weight is 349 g/mol. The molecule has 0 aliphatic carbocycles. The number of aromatic nitrogens is 1. The van der Waals surface area contributed by atoms with Crippen molar-refractivity contribution in [1.82, 2.24) is 4.98 Å². The van der Waals surface area contributed by atoms with Crippen LogP contribution < -0.4 is 11.1 Å². The van der Waals surface area contributed by atoms with Gasteiger partial charge in [0.25, 0.3) is 0 Å². The number of rotatable bonds is 4. The molecule has 5 nitrogen and oxygen atoms in total. The summed E-state index contributed by atoms with van der Waals surface area (Å²) in [5.74, 6) is -0.391. The third-order valence-corrected chi connectivity index (χ3v) is 5.34. The first-order valence-corrected chi connectivity index (χ1v) is 8.68. The number of anilines is 1. The van der Waals surface area contributed by atoms with Crippen LogP contribution in [0.3, 0.4) is 0 Å². The predicted molar refractivity (Wildman–Crippen MR) is 92.4 cm³/mol. The van der Waals surface area contributed by atoms with E-state index in [4.69, 9.17) is 10.5 Å². The average Bonchev–Trinajstić information content (AvgIpc) is 2.96. The van der Waals surface area contributed by atoms with Gasteiger partial charge in [0.1, 0.15) is 5.82 Å². The molecule has 1 aromatic carbocycles. The van der Waals surface area contributed by atoms with Crippen LogP contribution >= 0.6 is 11.3 Å². The number of carbonyl (C=O) groups excluding carboxylic acids is 1. The van der Waals surface area contributed by atoms with Crippen LogP contribution in [0.2, 0.25) is 0 Å². The highest BCUT2D eigenvalue weighted by Gasteiger charge is 2.39. The summed E-state index contributed by atoms with van der Waals surface area (Å²) in [5.41, 5.74) is 6.85. The van der Waals surface area contributed by atoms with Crippen molar-refractivity contribution in [3.63, 3.8) is 0 Å². The zero-order valence-electron chi connectivity index (χ0n) is 13.5. The lowest BCUT2D eigenvalue weighted by Crippen LogP contribution is -2.46. The van der Waals surface area contributed by atoms with E-state index in [9.17, 15) is 9.18 Å². The van der Waals surface area contributed by atoms with E-state index in [0.717, 1.165) is 16.1 Å². The molecule has 0 radical (unpaired) electrons. The second kappa shape index (κ2) is 6.96. The van der Waals surface area contributed by atoms with Gasteiger partial charge in [0.2, 0.25) is 5.91 Å². The van der Waals surface area contributed by atoms with Crippen molar-refractivity contribution < 1.29 is 13.9 Å². The molecule has 1 saturated heterocycles. The summed E-state index contributed by atoms with van der Waals surface area (Å²) in [7, 11) is 0. The minimum absolute atomic E-state index is 0.104. The van der Waals surface area contributed by atoms with Gasteiger partial charge in [0.05, 0.1) is 11.1 Å². The second-order valence-electron chi connectivity index (χ2n) is 5.98. The molecule has 1 aliphatic heterocycles. The topological polar surface area (TPSA) is 77.2 Å². The first-order valence-electron chi connectivity index (χ1n) is 7.87. The summed E-state index contributed by atoms with van der Waals surface area (Å²) in [4.78, 5) is 18.2. The van der Waals surface area contributed by atoms with E-state index in [2.05, 4.69) is 10.3 Å². The third-order valence-electron chi connectivity index (χ3n) is 4.46. The molecule has 2 aromatic rings. The molecule has 7 heteroatoms. The Morgan fingerprint density at radius 2 is 2.04 bits per heavy atom. The van der Waals surface area contributed by atoms with E-state index in [1.165, 1.54) is 23.5 Å². The molecule has 0 unspecified atom stereocenters.